The molecule has 0 saturated carbocycles. The van der Waals surface area contributed by atoms with Gasteiger partial charge >= 0.3 is 58.4 Å². The molecule has 0 radical (unpaired) electrons. The zero-order chi connectivity index (χ0) is 8.41. The van der Waals surface area contributed by atoms with Crippen LogP contribution in [0.1, 0.15) is 20.8 Å². The molecule has 0 aromatic rings. The molecule has 0 aromatic heterocycles. The third-order valence-corrected chi connectivity index (χ3v) is 0.814. The van der Waals surface area contributed by atoms with Gasteiger partial charge in [0.25, 0.3) is 0 Å². The summed E-state index contributed by atoms with van der Waals surface area (Å²) in [6, 6.07) is 0. The summed E-state index contributed by atoms with van der Waals surface area (Å²) in [6.07, 6.45) is 1.17. The van der Waals surface area contributed by atoms with Gasteiger partial charge in [0.1, 0.15) is 0 Å². The van der Waals surface area contributed by atoms with Gasteiger partial charge in [-0.15, -0.1) is 12.1 Å². The molecule has 0 nitrogen and oxygen atoms in total. The van der Waals surface area contributed by atoms with Crippen LogP contribution in [0.15, 0.2) is 12.1 Å². The molecule has 0 bridgehead atoms. The first kappa shape index (κ1) is 14.7. The zero-order valence-corrected chi connectivity index (χ0v) is 10.5. The summed E-state index contributed by atoms with van der Waals surface area (Å²) in [6.45, 7) is 0.436. The zero-order valence-electron chi connectivity index (χ0n) is 7.37. The van der Waals surface area contributed by atoms with Gasteiger partial charge in [-0.05, 0) is 5.41 Å². The maximum absolute atomic E-state index is 11.6. The Hall–Kier alpha value is 1.23. The monoisotopic (exact) mass is 190 g/mol. The van der Waals surface area contributed by atoms with Crippen LogP contribution in [0.25, 0.3) is 0 Å². The van der Waals surface area contributed by atoms with E-state index in [4.69, 9.17) is 0 Å². The fourth-order valence-electron chi connectivity index (χ4n) is 0.398. The molecule has 0 saturated heterocycles. The molecule has 0 atom stereocenters. The molecule has 0 heterocycles. The third kappa shape index (κ3) is 14.1. The average Bonchev–Trinajstić information content (AvgIpc) is 1.57. The van der Waals surface area contributed by atoms with Crippen molar-refractivity contribution in [2.24, 2.45) is 5.41 Å². The molecule has 11 heavy (non-hydrogen) atoms. The standard InChI is InChI=1S/C6H11BF3.K/c1-6(2,3)4-5-7(8,9)10;/h4-5H,1-3H3;/q-1;+1/b5-4+;. The van der Waals surface area contributed by atoms with E-state index in [0.29, 0.717) is 5.98 Å². The van der Waals surface area contributed by atoms with Crippen LogP contribution >= 0.6 is 0 Å². The molecule has 60 valence electrons. The summed E-state index contributed by atoms with van der Waals surface area (Å²) in [5.41, 5.74) is -0.378. The first-order chi connectivity index (χ1) is 4.21. The molecule has 0 aromatic carbocycles. The Morgan fingerprint density at radius 3 is 1.55 bits per heavy atom. The molecular formula is C6H11BF3K. The summed E-state index contributed by atoms with van der Waals surface area (Å²) in [5, 5.41) is 0. The van der Waals surface area contributed by atoms with E-state index in [1.807, 2.05) is 0 Å². The summed E-state index contributed by atoms with van der Waals surface area (Å²) < 4.78 is 34.7. The largest absolute Gasteiger partial charge is 1.00 e. The summed E-state index contributed by atoms with van der Waals surface area (Å²) in [4.78, 5) is 0. The number of rotatable bonds is 1. The Morgan fingerprint density at radius 1 is 1.09 bits per heavy atom. The van der Waals surface area contributed by atoms with Crippen molar-refractivity contribution in [3.8, 4) is 0 Å². The van der Waals surface area contributed by atoms with E-state index >= 15 is 0 Å². The molecule has 0 unspecified atom stereocenters. The quantitative estimate of drug-likeness (QED) is 0.510. The van der Waals surface area contributed by atoms with E-state index in [-0.39, 0.29) is 56.8 Å². The van der Waals surface area contributed by atoms with Gasteiger partial charge in [0.15, 0.2) is 0 Å². The normalized spacial score (nSPS) is 13.3. The van der Waals surface area contributed by atoms with E-state index in [9.17, 15) is 12.9 Å². The molecule has 0 spiro atoms. The number of allylic oxidation sites excluding steroid dienone is 1. The van der Waals surface area contributed by atoms with Gasteiger partial charge in [-0.25, -0.2) is 0 Å². The first-order valence-corrected chi connectivity index (χ1v) is 3.11. The third-order valence-electron chi connectivity index (χ3n) is 0.814. The van der Waals surface area contributed by atoms with Crippen LogP contribution in [0.5, 0.6) is 0 Å². The smallest absolute Gasteiger partial charge is 0.445 e. The first-order valence-electron chi connectivity index (χ1n) is 3.11. The van der Waals surface area contributed by atoms with Crippen molar-refractivity contribution in [3.05, 3.63) is 12.1 Å². The second-order valence-electron chi connectivity index (χ2n) is 3.35. The van der Waals surface area contributed by atoms with Gasteiger partial charge in [-0.1, -0.05) is 20.8 Å². The molecule has 0 N–H and O–H groups in total. The maximum Gasteiger partial charge on any atom is 1.00 e. The van der Waals surface area contributed by atoms with Crippen LogP contribution in [0.3, 0.4) is 0 Å². The van der Waals surface area contributed by atoms with E-state index in [0.717, 1.165) is 0 Å². The van der Waals surface area contributed by atoms with Crippen molar-refractivity contribution in [3.63, 3.8) is 0 Å². The van der Waals surface area contributed by atoms with E-state index < -0.39 is 6.98 Å². The van der Waals surface area contributed by atoms with Crippen LogP contribution in [0.4, 0.5) is 12.9 Å². The topological polar surface area (TPSA) is 0 Å². The molecule has 0 fully saturated rings. The SMILES string of the molecule is CC(C)(C)/C=C/[B-](F)(F)F.[K+]. The van der Waals surface area contributed by atoms with Crippen molar-refractivity contribution in [2.75, 3.05) is 0 Å². The predicted octanol–water partition coefficient (Wildman–Crippen LogP) is -0.0207. The van der Waals surface area contributed by atoms with Gasteiger partial charge in [0, 0.05) is 0 Å². The summed E-state index contributed by atoms with van der Waals surface area (Å²) in [5.74, 6) is 0.333. The summed E-state index contributed by atoms with van der Waals surface area (Å²) in [7, 11) is 0. The molecule has 0 aliphatic carbocycles. The Bertz CT molecular complexity index is 118. The molecule has 0 aliphatic rings. The van der Waals surface area contributed by atoms with Crippen molar-refractivity contribution in [1.82, 2.24) is 0 Å². The van der Waals surface area contributed by atoms with Gasteiger partial charge in [0.05, 0.1) is 0 Å². The maximum atomic E-state index is 11.6. The fraction of sp³-hybridized carbons (Fsp3) is 0.667. The Kier molecular flexibility index (Phi) is 6.79. The minimum absolute atomic E-state index is 0. The molecular weight excluding hydrogens is 179 g/mol. The molecule has 5 heteroatoms. The minimum atomic E-state index is -4.75. The van der Waals surface area contributed by atoms with Crippen molar-refractivity contribution in [2.45, 2.75) is 20.8 Å². The summed E-state index contributed by atoms with van der Waals surface area (Å²) >= 11 is 0. The second kappa shape index (κ2) is 5.07. The minimum Gasteiger partial charge on any atom is -0.445 e. The number of halogens is 3. The Labute approximate surface area is 108 Å². The van der Waals surface area contributed by atoms with Crippen LogP contribution in [-0.2, 0) is 0 Å². The molecule has 0 aliphatic heterocycles. The molecule has 0 amide bonds. The van der Waals surface area contributed by atoms with Gasteiger partial charge in [-0.3, -0.25) is 0 Å². The van der Waals surface area contributed by atoms with Crippen LogP contribution in [-0.4, -0.2) is 6.98 Å². The Morgan fingerprint density at radius 2 is 1.45 bits per heavy atom. The van der Waals surface area contributed by atoms with E-state index in [1.54, 1.807) is 20.8 Å². The van der Waals surface area contributed by atoms with Crippen molar-refractivity contribution < 1.29 is 64.3 Å². The number of hydrogen-bond donors (Lipinski definition) is 0. The van der Waals surface area contributed by atoms with Crippen LogP contribution < -0.4 is 51.4 Å². The molecule has 0 rings (SSSR count). The second-order valence-corrected chi connectivity index (χ2v) is 3.35. The van der Waals surface area contributed by atoms with Gasteiger partial charge in [0.2, 0.25) is 0 Å². The van der Waals surface area contributed by atoms with Crippen molar-refractivity contribution >= 4 is 6.98 Å². The van der Waals surface area contributed by atoms with E-state index in [2.05, 4.69) is 0 Å². The van der Waals surface area contributed by atoms with Crippen LogP contribution in [0, 0.1) is 5.41 Å². The van der Waals surface area contributed by atoms with E-state index in [1.165, 1.54) is 6.08 Å². The van der Waals surface area contributed by atoms with Gasteiger partial charge in [-0.2, -0.15) is 0 Å². The average molecular weight is 190 g/mol. The Balaban J connectivity index is 0. The predicted molar refractivity (Wildman–Crippen MR) is 37.7 cm³/mol. The van der Waals surface area contributed by atoms with Crippen molar-refractivity contribution in [1.29, 1.82) is 0 Å². The number of hydrogen-bond acceptors (Lipinski definition) is 0. The fourth-order valence-corrected chi connectivity index (χ4v) is 0.398. The van der Waals surface area contributed by atoms with Crippen LogP contribution in [0.2, 0.25) is 0 Å². The van der Waals surface area contributed by atoms with Gasteiger partial charge < -0.3 is 12.9 Å².